The van der Waals surface area contributed by atoms with E-state index in [1.54, 1.807) is 48.5 Å². The molecule has 0 fully saturated rings. The molecule has 0 spiro atoms. The van der Waals surface area contributed by atoms with Crippen molar-refractivity contribution in [2.75, 3.05) is 16.8 Å². The predicted molar refractivity (Wildman–Crippen MR) is 93.6 cm³/mol. The van der Waals surface area contributed by atoms with Gasteiger partial charge >= 0.3 is 0 Å². The first-order chi connectivity index (χ1) is 12.0. The molecule has 0 heterocycles. The number of amides is 2. The number of rotatable bonds is 5. The lowest BCUT2D eigenvalue weighted by atomic mass is 10.2. The Labute approximate surface area is 145 Å². The van der Waals surface area contributed by atoms with Crippen LogP contribution in [0.15, 0.2) is 48.5 Å². The fraction of sp³-hybridized carbons (Fsp3) is 0.158. The second-order valence-electron chi connectivity index (χ2n) is 5.32. The van der Waals surface area contributed by atoms with Crippen LogP contribution >= 0.6 is 0 Å². The zero-order chi connectivity index (χ0) is 18.2. The average molecular weight is 332 g/mol. The lowest BCUT2D eigenvalue weighted by Crippen LogP contribution is -2.31. The van der Waals surface area contributed by atoms with Gasteiger partial charge in [-0.25, -0.2) is 0 Å². The summed E-state index contributed by atoms with van der Waals surface area (Å²) < 4.78 is 0. The van der Waals surface area contributed by atoms with E-state index in [2.05, 4.69) is 5.32 Å². The van der Waals surface area contributed by atoms with Crippen LogP contribution in [0.4, 0.5) is 11.4 Å². The van der Waals surface area contributed by atoms with Gasteiger partial charge < -0.3 is 10.2 Å². The number of nitriles is 2. The Bertz CT molecular complexity index is 843. The SMILES string of the molecule is CC(=O)N(CCC(=O)Nc1ccc(C#N)cc1)c1ccc(C#N)cc1. The molecule has 0 aliphatic heterocycles. The topological polar surface area (TPSA) is 97.0 Å². The highest BCUT2D eigenvalue weighted by molar-refractivity contribution is 5.94. The molecule has 0 aromatic heterocycles. The largest absolute Gasteiger partial charge is 0.326 e. The maximum absolute atomic E-state index is 12.1. The van der Waals surface area contributed by atoms with E-state index in [1.165, 1.54) is 11.8 Å². The third kappa shape index (κ3) is 4.92. The van der Waals surface area contributed by atoms with Crippen LogP contribution in [0.5, 0.6) is 0 Å². The first kappa shape index (κ1) is 17.7. The maximum atomic E-state index is 12.1. The second kappa shape index (κ2) is 8.28. The van der Waals surface area contributed by atoms with Crippen molar-refractivity contribution in [1.29, 1.82) is 10.5 Å². The van der Waals surface area contributed by atoms with Crippen molar-refractivity contribution in [2.45, 2.75) is 13.3 Å². The Morgan fingerprint density at radius 3 is 1.96 bits per heavy atom. The van der Waals surface area contributed by atoms with Crippen molar-refractivity contribution >= 4 is 23.2 Å². The molecule has 2 rings (SSSR count). The predicted octanol–water partition coefficient (Wildman–Crippen LogP) is 2.81. The summed E-state index contributed by atoms with van der Waals surface area (Å²) in [4.78, 5) is 25.4. The quantitative estimate of drug-likeness (QED) is 0.910. The number of benzene rings is 2. The molecule has 0 unspecified atom stereocenters. The van der Waals surface area contributed by atoms with Gasteiger partial charge in [0.25, 0.3) is 0 Å². The molecule has 0 bridgehead atoms. The van der Waals surface area contributed by atoms with Gasteiger partial charge in [0, 0.05) is 31.3 Å². The summed E-state index contributed by atoms with van der Waals surface area (Å²) in [6, 6.07) is 17.2. The molecule has 0 atom stereocenters. The molecule has 0 radical (unpaired) electrons. The van der Waals surface area contributed by atoms with Crippen molar-refractivity contribution in [3.8, 4) is 12.1 Å². The molecule has 6 heteroatoms. The van der Waals surface area contributed by atoms with Gasteiger partial charge in [-0.1, -0.05) is 0 Å². The van der Waals surface area contributed by atoms with E-state index in [9.17, 15) is 9.59 Å². The van der Waals surface area contributed by atoms with Crippen LogP contribution in [0.25, 0.3) is 0 Å². The molecule has 0 saturated carbocycles. The number of nitrogens with one attached hydrogen (secondary N) is 1. The van der Waals surface area contributed by atoms with Gasteiger partial charge in [0.15, 0.2) is 0 Å². The summed E-state index contributed by atoms with van der Waals surface area (Å²) in [5.41, 5.74) is 2.25. The molecule has 6 nitrogen and oxygen atoms in total. The van der Waals surface area contributed by atoms with E-state index in [0.717, 1.165) is 0 Å². The van der Waals surface area contributed by atoms with Gasteiger partial charge in [0.1, 0.15) is 0 Å². The molecule has 0 aliphatic rings. The number of hydrogen-bond donors (Lipinski definition) is 1. The first-order valence-electron chi connectivity index (χ1n) is 7.62. The first-order valence-corrected chi connectivity index (χ1v) is 7.62. The van der Waals surface area contributed by atoms with E-state index < -0.39 is 0 Å². The van der Waals surface area contributed by atoms with Gasteiger partial charge in [-0.2, -0.15) is 10.5 Å². The molecule has 2 aromatic rings. The Balaban J connectivity index is 1.97. The fourth-order valence-electron chi connectivity index (χ4n) is 2.25. The Morgan fingerprint density at radius 2 is 1.48 bits per heavy atom. The van der Waals surface area contributed by atoms with Crippen LogP contribution in [-0.4, -0.2) is 18.4 Å². The zero-order valence-electron chi connectivity index (χ0n) is 13.7. The zero-order valence-corrected chi connectivity index (χ0v) is 13.7. The van der Waals surface area contributed by atoms with Crippen molar-refractivity contribution in [1.82, 2.24) is 0 Å². The smallest absolute Gasteiger partial charge is 0.226 e. The fourth-order valence-corrected chi connectivity index (χ4v) is 2.25. The molecule has 2 aromatic carbocycles. The Hall–Kier alpha value is -3.64. The molecule has 0 saturated heterocycles. The summed E-state index contributed by atoms with van der Waals surface area (Å²) >= 11 is 0. The van der Waals surface area contributed by atoms with Crippen LogP contribution in [0.1, 0.15) is 24.5 Å². The summed E-state index contributed by atoms with van der Waals surface area (Å²) in [7, 11) is 0. The van der Waals surface area contributed by atoms with Crippen LogP contribution < -0.4 is 10.2 Å². The number of anilines is 2. The van der Waals surface area contributed by atoms with Gasteiger partial charge in [0.2, 0.25) is 11.8 Å². The van der Waals surface area contributed by atoms with Crippen molar-refractivity contribution in [3.05, 3.63) is 59.7 Å². The molecule has 1 N–H and O–H groups in total. The van der Waals surface area contributed by atoms with Gasteiger partial charge in [-0.15, -0.1) is 0 Å². The number of nitrogens with zero attached hydrogens (tertiary/aromatic N) is 3. The van der Waals surface area contributed by atoms with Crippen molar-refractivity contribution in [2.24, 2.45) is 0 Å². The normalized spacial score (nSPS) is 9.56. The molecule has 124 valence electrons. The number of carbonyl (C=O) groups is 2. The van der Waals surface area contributed by atoms with E-state index in [1.807, 2.05) is 12.1 Å². The van der Waals surface area contributed by atoms with E-state index >= 15 is 0 Å². The van der Waals surface area contributed by atoms with Crippen LogP contribution in [-0.2, 0) is 9.59 Å². The van der Waals surface area contributed by atoms with E-state index in [4.69, 9.17) is 10.5 Å². The lowest BCUT2D eigenvalue weighted by Gasteiger charge is -2.21. The van der Waals surface area contributed by atoms with Gasteiger partial charge in [-0.05, 0) is 48.5 Å². The second-order valence-corrected chi connectivity index (χ2v) is 5.32. The molecule has 2 amide bonds. The standard InChI is InChI=1S/C19H16N4O2/c1-14(24)23(18-8-4-16(13-21)5-9-18)11-10-19(25)22-17-6-2-15(12-20)3-7-17/h2-9H,10-11H2,1H3,(H,22,25). The van der Waals surface area contributed by atoms with E-state index in [-0.39, 0.29) is 24.8 Å². The third-order valence-corrected chi connectivity index (χ3v) is 3.55. The molecular weight excluding hydrogens is 316 g/mol. The summed E-state index contributed by atoms with van der Waals surface area (Å²) in [5, 5.41) is 20.3. The lowest BCUT2D eigenvalue weighted by molar-refractivity contribution is -0.117. The van der Waals surface area contributed by atoms with Crippen LogP contribution in [0.2, 0.25) is 0 Å². The van der Waals surface area contributed by atoms with Crippen molar-refractivity contribution in [3.63, 3.8) is 0 Å². The highest BCUT2D eigenvalue weighted by atomic mass is 16.2. The monoisotopic (exact) mass is 332 g/mol. The number of hydrogen-bond acceptors (Lipinski definition) is 4. The minimum Gasteiger partial charge on any atom is -0.326 e. The van der Waals surface area contributed by atoms with Crippen LogP contribution in [0.3, 0.4) is 0 Å². The summed E-state index contributed by atoms with van der Waals surface area (Å²) in [6.45, 7) is 1.65. The minimum atomic E-state index is -0.232. The average Bonchev–Trinajstić information content (AvgIpc) is 2.62. The van der Waals surface area contributed by atoms with Crippen molar-refractivity contribution < 1.29 is 9.59 Å². The third-order valence-electron chi connectivity index (χ3n) is 3.55. The van der Waals surface area contributed by atoms with E-state index in [0.29, 0.717) is 22.5 Å². The molecule has 0 aliphatic carbocycles. The number of carbonyl (C=O) groups excluding carboxylic acids is 2. The van der Waals surface area contributed by atoms with Gasteiger partial charge in [0.05, 0.1) is 23.3 Å². The molecular formula is C19H16N4O2. The highest BCUT2D eigenvalue weighted by Gasteiger charge is 2.13. The van der Waals surface area contributed by atoms with Gasteiger partial charge in [-0.3, -0.25) is 9.59 Å². The summed E-state index contributed by atoms with van der Waals surface area (Å²) in [6.07, 6.45) is 0.125. The highest BCUT2D eigenvalue weighted by Crippen LogP contribution is 2.16. The maximum Gasteiger partial charge on any atom is 0.226 e. The Kier molecular flexibility index (Phi) is 5.86. The van der Waals surface area contributed by atoms with Crippen LogP contribution in [0, 0.1) is 22.7 Å². The molecule has 25 heavy (non-hydrogen) atoms. The Morgan fingerprint density at radius 1 is 0.960 bits per heavy atom. The summed E-state index contributed by atoms with van der Waals surface area (Å²) in [5.74, 6) is -0.416. The minimum absolute atomic E-state index is 0.125.